The van der Waals surface area contributed by atoms with Crippen LogP contribution in [0.25, 0.3) is 11.5 Å². The van der Waals surface area contributed by atoms with E-state index in [9.17, 15) is 9.18 Å². The largest absolute Gasteiger partial charge is 0.476 e. The predicted molar refractivity (Wildman–Crippen MR) is 48.9 cm³/mol. The Hall–Kier alpha value is -2.17. The first-order chi connectivity index (χ1) is 7.16. The summed E-state index contributed by atoms with van der Waals surface area (Å²) in [6.45, 7) is 0. The first-order valence-electron chi connectivity index (χ1n) is 4.11. The van der Waals surface area contributed by atoms with Crippen LogP contribution in [0.2, 0.25) is 0 Å². The van der Waals surface area contributed by atoms with Crippen LogP contribution in [0, 0.1) is 5.82 Å². The number of carboxylic acids is 1. The Labute approximate surface area is 84.0 Å². The van der Waals surface area contributed by atoms with Crippen molar-refractivity contribution in [3.63, 3.8) is 0 Å². The zero-order valence-corrected chi connectivity index (χ0v) is 7.48. The number of hydrogen-bond donors (Lipinski definition) is 1. The number of oxazole rings is 1. The molecule has 0 aliphatic carbocycles. The topological polar surface area (TPSA) is 63.3 Å². The third kappa shape index (κ3) is 1.85. The van der Waals surface area contributed by atoms with Crippen LogP contribution in [0.5, 0.6) is 0 Å². The molecule has 0 spiro atoms. The maximum Gasteiger partial charge on any atom is 0.357 e. The van der Waals surface area contributed by atoms with Gasteiger partial charge in [0.25, 0.3) is 0 Å². The van der Waals surface area contributed by atoms with Crippen LogP contribution in [0.3, 0.4) is 0 Å². The van der Waals surface area contributed by atoms with Gasteiger partial charge in [0.2, 0.25) is 5.89 Å². The van der Waals surface area contributed by atoms with Gasteiger partial charge in [-0.1, -0.05) is 6.07 Å². The molecular weight excluding hydrogens is 201 g/mol. The molecule has 1 aromatic carbocycles. The standard InChI is InChI=1S/C10H6FNO3/c11-7-3-1-2-6(4-7)9-12-8(5-15-9)10(13)14/h1-5H,(H,13,14). The smallest absolute Gasteiger partial charge is 0.357 e. The maximum atomic E-state index is 12.8. The van der Waals surface area contributed by atoms with Crippen molar-refractivity contribution in [2.75, 3.05) is 0 Å². The second-order valence-electron chi connectivity index (χ2n) is 2.85. The lowest BCUT2D eigenvalue weighted by molar-refractivity contribution is 0.0690. The van der Waals surface area contributed by atoms with Gasteiger partial charge >= 0.3 is 5.97 Å². The number of aromatic nitrogens is 1. The van der Waals surface area contributed by atoms with E-state index in [1.54, 1.807) is 6.07 Å². The van der Waals surface area contributed by atoms with Crippen molar-refractivity contribution in [1.82, 2.24) is 4.98 Å². The summed E-state index contributed by atoms with van der Waals surface area (Å²) in [5, 5.41) is 8.60. The molecule has 0 bridgehead atoms. The Morgan fingerprint density at radius 1 is 1.47 bits per heavy atom. The molecule has 0 atom stereocenters. The van der Waals surface area contributed by atoms with Crippen LogP contribution in [0.1, 0.15) is 10.5 Å². The highest BCUT2D eigenvalue weighted by molar-refractivity contribution is 5.85. The van der Waals surface area contributed by atoms with Crippen molar-refractivity contribution in [1.29, 1.82) is 0 Å². The molecule has 0 aliphatic rings. The van der Waals surface area contributed by atoms with Crippen LogP contribution in [0.4, 0.5) is 4.39 Å². The first-order valence-corrected chi connectivity index (χ1v) is 4.11. The summed E-state index contributed by atoms with van der Waals surface area (Å²) in [5.41, 5.74) is 0.205. The molecule has 15 heavy (non-hydrogen) atoms. The van der Waals surface area contributed by atoms with Gasteiger partial charge < -0.3 is 9.52 Å². The van der Waals surface area contributed by atoms with E-state index in [4.69, 9.17) is 9.52 Å². The summed E-state index contributed by atoms with van der Waals surface area (Å²) in [6.07, 6.45) is 1.02. The highest BCUT2D eigenvalue weighted by Crippen LogP contribution is 2.19. The second kappa shape index (κ2) is 3.53. The van der Waals surface area contributed by atoms with Crippen molar-refractivity contribution in [3.05, 3.63) is 42.0 Å². The van der Waals surface area contributed by atoms with Crippen LogP contribution >= 0.6 is 0 Å². The number of halogens is 1. The average Bonchev–Trinajstić information content (AvgIpc) is 2.66. The number of aromatic carboxylic acids is 1. The maximum absolute atomic E-state index is 12.8. The molecule has 0 saturated heterocycles. The molecule has 5 heteroatoms. The zero-order chi connectivity index (χ0) is 10.8. The third-order valence-corrected chi connectivity index (χ3v) is 1.79. The minimum Gasteiger partial charge on any atom is -0.476 e. The Balaban J connectivity index is 2.41. The van der Waals surface area contributed by atoms with Gasteiger partial charge in [-0.15, -0.1) is 0 Å². The number of nitrogens with zero attached hydrogens (tertiary/aromatic N) is 1. The molecule has 2 rings (SSSR count). The summed E-state index contributed by atoms with van der Waals surface area (Å²) in [6, 6.07) is 5.58. The van der Waals surface area contributed by atoms with E-state index in [-0.39, 0.29) is 11.6 Å². The van der Waals surface area contributed by atoms with E-state index in [1.807, 2.05) is 0 Å². The normalized spacial score (nSPS) is 10.2. The van der Waals surface area contributed by atoms with Crippen LogP contribution in [-0.2, 0) is 0 Å². The summed E-state index contributed by atoms with van der Waals surface area (Å²) in [4.78, 5) is 14.2. The van der Waals surface area contributed by atoms with Gasteiger partial charge in [0, 0.05) is 5.56 Å². The zero-order valence-electron chi connectivity index (χ0n) is 7.48. The second-order valence-corrected chi connectivity index (χ2v) is 2.85. The van der Waals surface area contributed by atoms with E-state index >= 15 is 0 Å². The van der Waals surface area contributed by atoms with Gasteiger partial charge in [0.1, 0.15) is 12.1 Å². The summed E-state index contributed by atoms with van der Waals surface area (Å²) < 4.78 is 17.7. The predicted octanol–water partition coefficient (Wildman–Crippen LogP) is 2.18. The minimum atomic E-state index is -1.18. The van der Waals surface area contributed by atoms with E-state index in [0.29, 0.717) is 5.56 Å². The monoisotopic (exact) mass is 207 g/mol. The summed E-state index contributed by atoms with van der Waals surface area (Å²) in [5.74, 6) is -1.52. The van der Waals surface area contributed by atoms with Crippen molar-refractivity contribution in [2.24, 2.45) is 0 Å². The van der Waals surface area contributed by atoms with E-state index in [0.717, 1.165) is 6.26 Å². The molecule has 0 fully saturated rings. The van der Waals surface area contributed by atoms with Gasteiger partial charge in [0.05, 0.1) is 0 Å². The molecule has 1 N–H and O–H groups in total. The molecular formula is C10H6FNO3. The molecule has 76 valence electrons. The van der Waals surface area contributed by atoms with Crippen LogP contribution in [-0.4, -0.2) is 16.1 Å². The van der Waals surface area contributed by atoms with Crippen molar-refractivity contribution >= 4 is 5.97 Å². The SMILES string of the molecule is O=C(O)c1coc(-c2cccc(F)c2)n1. The quantitative estimate of drug-likeness (QED) is 0.819. The fraction of sp³-hybridized carbons (Fsp3) is 0. The Morgan fingerprint density at radius 3 is 2.87 bits per heavy atom. The van der Waals surface area contributed by atoms with Crippen LogP contribution < -0.4 is 0 Å². The number of hydrogen-bond acceptors (Lipinski definition) is 3. The Morgan fingerprint density at radius 2 is 2.27 bits per heavy atom. The summed E-state index contributed by atoms with van der Waals surface area (Å²) in [7, 11) is 0. The number of carbonyl (C=O) groups is 1. The molecule has 1 heterocycles. The fourth-order valence-corrected chi connectivity index (χ4v) is 1.13. The lowest BCUT2D eigenvalue weighted by Gasteiger charge is -1.93. The molecule has 0 radical (unpaired) electrons. The van der Waals surface area contributed by atoms with Gasteiger partial charge in [-0.25, -0.2) is 14.2 Å². The number of carboxylic acid groups (broad SMARTS) is 1. The van der Waals surface area contributed by atoms with Crippen LogP contribution in [0.15, 0.2) is 34.9 Å². The van der Waals surface area contributed by atoms with E-state index in [1.165, 1.54) is 18.2 Å². The lowest BCUT2D eigenvalue weighted by Crippen LogP contribution is -1.95. The van der Waals surface area contributed by atoms with E-state index in [2.05, 4.69) is 4.98 Å². The molecule has 1 aromatic heterocycles. The Bertz CT molecular complexity index is 507. The lowest BCUT2D eigenvalue weighted by atomic mass is 10.2. The van der Waals surface area contributed by atoms with Crippen molar-refractivity contribution in [2.45, 2.75) is 0 Å². The molecule has 0 saturated carbocycles. The number of rotatable bonds is 2. The van der Waals surface area contributed by atoms with Gasteiger partial charge in [-0.2, -0.15) is 0 Å². The van der Waals surface area contributed by atoms with Gasteiger partial charge in [0.15, 0.2) is 5.69 Å². The average molecular weight is 207 g/mol. The van der Waals surface area contributed by atoms with E-state index < -0.39 is 11.8 Å². The third-order valence-electron chi connectivity index (χ3n) is 1.79. The fourth-order valence-electron chi connectivity index (χ4n) is 1.13. The molecule has 0 amide bonds. The van der Waals surface area contributed by atoms with Crippen molar-refractivity contribution in [3.8, 4) is 11.5 Å². The Kier molecular flexibility index (Phi) is 2.21. The van der Waals surface area contributed by atoms with Gasteiger partial charge in [-0.05, 0) is 18.2 Å². The molecule has 2 aromatic rings. The number of benzene rings is 1. The highest BCUT2D eigenvalue weighted by Gasteiger charge is 2.11. The minimum absolute atomic E-state index is 0.0897. The molecule has 0 aliphatic heterocycles. The summed E-state index contributed by atoms with van der Waals surface area (Å²) >= 11 is 0. The first kappa shape index (κ1) is 9.39. The van der Waals surface area contributed by atoms with Gasteiger partial charge in [-0.3, -0.25) is 0 Å². The molecule has 4 nitrogen and oxygen atoms in total. The van der Waals surface area contributed by atoms with Crippen molar-refractivity contribution < 1.29 is 18.7 Å². The highest BCUT2D eigenvalue weighted by atomic mass is 19.1. The molecule has 0 unspecified atom stereocenters.